The van der Waals surface area contributed by atoms with Crippen LogP contribution in [0.3, 0.4) is 0 Å². The summed E-state index contributed by atoms with van der Waals surface area (Å²) in [5.74, 6) is -1.50. The maximum atomic E-state index is 12.3. The first-order valence-electron chi connectivity index (χ1n) is 6.48. The lowest BCUT2D eigenvalue weighted by Crippen LogP contribution is -2.24. The highest BCUT2D eigenvalue weighted by atomic mass is 16.5. The Kier molecular flexibility index (Phi) is 5.46. The number of rotatable bonds is 5. The summed E-state index contributed by atoms with van der Waals surface area (Å²) in [5.41, 5.74) is 1.59. The van der Waals surface area contributed by atoms with Crippen LogP contribution in [0.25, 0.3) is 0 Å². The number of carbonyl (C=O) groups excluding carboxylic acids is 3. The summed E-state index contributed by atoms with van der Waals surface area (Å²) in [4.78, 5) is 38.2. The summed E-state index contributed by atoms with van der Waals surface area (Å²) in [5, 5.41) is 0. The van der Waals surface area contributed by atoms with Crippen molar-refractivity contribution in [2.24, 2.45) is 0 Å². The molecule has 21 heavy (non-hydrogen) atoms. The minimum atomic E-state index is -0.948. The molecule has 0 amide bonds. The molecule has 0 aliphatic rings. The van der Waals surface area contributed by atoms with E-state index in [2.05, 4.69) is 9.72 Å². The third kappa shape index (κ3) is 3.59. The lowest BCUT2D eigenvalue weighted by atomic mass is 10.1. The van der Waals surface area contributed by atoms with Gasteiger partial charge in [-0.1, -0.05) is 6.08 Å². The molecular formula is C15H19NO5. The Bertz CT molecular complexity index is 597. The zero-order valence-corrected chi connectivity index (χ0v) is 12.8. The molecule has 0 saturated heterocycles. The van der Waals surface area contributed by atoms with Crippen molar-refractivity contribution in [3.05, 3.63) is 34.7 Å². The molecule has 6 heteroatoms. The SMILES string of the molecule is C/C=C/C(=O)O[C@H](C)C(=O)c1[nH]c(C)c(C(=O)OC)c1C. The highest BCUT2D eigenvalue weighted by molar-refractivity contribution is 6.04. The van der Waals surface area contributed by atoms with Crippen LogP contribution in [0.2, 0.25) is 0 Å². The van der Waals surface area contributed by atoms with Crippen LogP contribution in [0.1, 0.15) is 46.0 Å². The third-order valence-corrected chi connectivity index (χ3v) is 3.04. The van der Waals surface area contributed by atoms with Crippen molar-refractivity contribution >= 4 is 17.7 Å². The maximum absolute atomic E-state index is 12.3. The molecule has 0 aliphatic carbocycles. The number of ketones is 1. The number of hydrogen-bond acceptors (Lipinski definition) is 5. The summed E-state index contributed by atoms with van der Waals surface area (Å²) < 4.78 is 9.67. The highest BCUT2D eigenvalue weighted by Gasteiger charge is 2.26. The monoisotopic (exact) mass is 293 g/mol. The Morgan fingerprint density at radius 2 is 1.86 bits per heavy atom. The Morgan fingerprint density at radius 3 is 2.38 bits per heavy atom. The van der Waals surface area contributed by atoms with E-state index in [4.69, 9.17) is 4.74 Å². The topological polar surface area (TPSA) is 85.5 Å². The first-order valence-corrected chi connectivity index (χ1v) is 6.48. The smallest absolute Gasteiger partial charge is 0.339 e. The Morgan fingerprint density at radius 1 is 1.24 bits per heavy atom. The summed E-state index contributed by atoms with van der Waals surface area (Å²) in [6, 6.07) is 0. The van der Waals surface area contributed by atoms with Crippen LogP contribution in [-0.4, -0.2) is 35.9 Å². The van der Waals surface area contributed by atoms with E-state index < -0.39 is 23.8 Å². The molecule has 0 radical (unpaired) electrons. The number of esters is 2. The third-order valence-electron chi connectivity index (χ3n) is 3.04. The molecule has 0 aliphatic heterocycles. The molecule has 1 aromatic rings. The summed E-state index contributed by atoms with van der Waals surface area (Å²) in [7, 11) is 1.27. The van der Waals surface area contributed by atoms with Crippen LogP contribution >= 0.6 is 0 Å². The highest BCUT2D eigenvalue weighted by Crippen LogP contribution is 2.20. The molecule has 0 aromatic carbocycles. The molecule has 0 bridgehead atoms. The summed E-state index contributed by atoms with van der Waals surface area (Å²) in [6.45, 7) is 6.47. The van der Waals surface area contributed by atoms with E-state index >= 15 is 0 Å². The number of carbonyl (C=O) groups is 3. The van der Waals surface area contributed by atoms with Gasteiger partial charge in [0.1, 0.15) is 0 Å². The Labute approximate surface area is 123 Å². The van der Waals surface area contributed by atoms with Crippen LogP contribution < -0.4 is 0 Å². The number of aryl methyl sites for hydroxylation is 1. The van der Waals surface area contributed by atoms with Gasteiger partial charge in [0.05, 0.1) is 18.4 Å². The average Bonchev–Trinajstić information content (AvgIpc) is 2.72. The van der Waals surface area contributed by atoms with Gasteiger partial charge in [-0.2, -0.15) is 0 Å². The average molecular weight is 293 g/mol. The van der Waals surface area contributed by atoms with E-state index in [1.807, 2.05) is 0 Å². The fraction of sp³-hybridized carbons (Fsp3) is 0.400. The van der Waals surface area contributed by atoms with E-state index in [9.17, 15) is 14.4 Å². The number of ether oxygens (including phenoxy) is 2. The molecule has 1 N–H and O–H groups in total. The number of nitrogens with one attached hydrogen (secondary N) is 1. The fourth-order valence-electron chi connectivity index (χ4n) is 2.01. The molecule has 6 nitrogen and oxygen atoms in total. The lowest BCUT2D eigenvalue weighted by Gasteiger charge is -2.10. The van der Waals surface area contributed by atoms with Crippen molar-refractivity contribution < 1.29 is 23.9 Å². The number of hydrogen-bond donors (Lipinski definition) is 1. The predicted molar refractivity (Wildman–Crippen MR) is 76.3 cm³/mol. The van der Waals surface area contributed by atoms with Gasteiger partial charge in [-0.05, 0) is 33.3 Å². The van der Waals surface area contributed by atoms with Crippen LogP contribution in [-0.2, 0) is 14.3 Å². The van der Waals surface area contributed by atoms with E-state index in [0.717, 1.165) is 0 Å². The first kappa shape index (κ1) is 16.7. The second-order valence-corrected chi connectivity index (χ2v) is 4.56. The standard InChI is InChI=1S/C15H19NO5/c1-6-7-11(17)21-10(4)14(18)13-8(2)12(9(3)16-13)15(19)20-5/h6-7,10,16H,1-5H3/b7-6+/t10-/m1/s1. The zero-order valence-electron chi connectivity index (χ0n) is 12.8. The van der Waals surface area contributed by atoms with Gasteiger partial charge in [0.2, 0.25) is 5.78 Å². The van der Waals surface area contributed by atoms with Crippen molar-refractivity contribution in [2.75, 3.05) is 7.11 Å². The van der Waals surface area contributed by atoms with Crippen molar-refractivity contribution in [2.45, 2.75) is 33.8 Å². The van der Waals surface area contributed by atoms with Gasteiger partial charge in [0.15, 0.2) is 6.10 Å². The number of H-pyrrole nitrogens is 1. The number of aromatic amines is 1. The van der Waals surface area contributed by atoms with Gasteiger partial charge in [0.25, 0.3) is 0 Å². The largest absolute Gasteiger partial charge is 0.465 e. The predicted octanol–water partition coefficient (Wildman–Crippen LogP) is 2.11. The summed E-state index contributed by atoms with van der Waals surface area (Å²) in [6.07, 6.45) is 1.81. The molecule has 1 aromatic heterocycles. The van der Waals surface area contributed by atoms with Gasteiger partial charge in [0, 0.05) is 11.8 Å². The zero-order chi connectivity index (χ0) is 16.2. The van der Waals surface area contributed by atoms with E-state index in [0.29, 0.717) is 16.8 Å². The van der Waals surface area contributed by atoms with E-state index in [1.54, 1.807) is 20.8 Å². The molecular weight excluding hydrogens is 274 g/mol. The molecule has 0 fully saturated rings. The van der Waals surface area contributed by atoms with Crippen LogP contribution in [0.4, 0.5) is 0 Å². The molecule has 1 rings (SSSR count). The first-order chi connectivity index (χ1) is 9.83. The quantitative estimate of drug-likeness (QED) is 0.510. The Balaban J connectivity index is 3.03. The van der Waals surface area contributed by atoms with Crippen molar-refractivity contribution in [1.29, 1.82) is 0 Å². The van der Waals surface area contributed by atoms with Crippen molar-refractivity contribution in [1.82, 2.24) is 4.98 Å². The molecule has 0 unspecified atom stereocenters. The minimum absolute atomic E-state index is 0.244. The van der Waals surface area contributed by atoms with Crippen molar-refractivity contribution in [3.63, 3.8) is 0 Å². The normalized spacial score (nSPS) is 12.2. The maximum Gasteiger partial charge on any atom is 0.339 e. The van der Waals surface area contributed by atoms with Gasteiger partial charge in [-0.25, -0.2) is 9.59 Å². The van der Waals surface area contributed by atoms with E-state index in [1.165, 1.54) is 26.2 Å². The molecule has 114 valence electrons. The Hall–Kier alpha value is -2.37. The van der Waals surface area contributed by atoms with Crippen molar-refractivity contribution in [3.8, 4) is 0 Å². The molecule has 1 heterocycles. The molecule has 0 spiro atoms. The number of Topliss-reactive ketones (excluding diaryl/α,β-unsaturated/α-hetero) is 1. The minimum Gasteiger partial charge on any atom is -0.465 e. The van der Waals surface area contributed by atoms with E-state index in [-0.39, 0.29) is 5.69 Å². The summed E-state index contributed by atoms with van der Waals surface area (Å²) >= 11 is 0. The second kappa shape index (κ2) is 6.88. The lowest BCUT2D eigenvalue weighted by molar-refractivity contribution is -0.140. The van der Waals surface area contributed by atoms with Gasteiger partial charge < -0.3 is 14.5 Å². The second-order valence-electron chi connectivity index (χ2n) is 4.56. The number of methoxy groups -OCH3 is 1. The van der Waals surface area contributed by atoms with Gasteiger partial charge in [-0.15, -0.1) is 0 Å². The van der Waals surface area contributed by atoms with Gasteiger partial charge in [-0.3, -0.25) is 4.79 Å². The van der Waals surface area contributed by atoms with Crippen LogP contribution in [0.15, 0.2) is 12.2 Å². The molecule has 0 saturated carbocycles. The number of allylic oxidation sites excluding steroid dienone is 1. The van der Waals surface area contributed by atoms with Crippen LogP contribution in [0, 0.1) is 13.8 Å². The molecule has 1 atom stereocenters. The fourth-order valence-corrected chi connectivity index (χ4v) is 2.01. The van der Waals surface area contributed by atoms with Crippen LogP contribution in [0.5, 0.6) is 0 Å². The number of aromatic nitrogens is 1. The van der Waals surface area contributed by atoms with Gasteiger partial charge >= 0.3 is 11.9 Å².